The maximum absolute atomic E-state index is 14.0. The molecule has 39 heavy (non-hydrogen) atoms. The van der Waals surface area contributed by atoms with Crippen LogP contribution in [-0.4, -0.2) is 81.0 Å². The van der Waals surface area contributed by atoms with Crippen molar-refractivity contribution in [2.45, 2.75) is 30.9 Å². The van der Waals surface area contributed by atoms with Crippen molar-refractivity contribution in [3.05, 3.63) is 82.4 Å². The summed E-state index contributed by atoms with van der Waals surface area (Å²) in [5.41, 5.74) is 2.33. The number of benzene rings is 2. The zero-order chi connectivity index (χ0) is 27.1. The number of hydrogen-bond donors (Lipinski definition) is 0. The maximum atomic E-state index is 14.0. The number of ether oxygens (including phenoxy) is 1. The van der Waals surface area contributed by atoms with E-state index in [2.05, 4.69) is 20.4 Å². The SMILES string of the molecule is Cc1c([C@@H]2CN3CCN(C(=O)C4(C=O)C=CCc5cc(-n6cnnn6)ccc54)C[C@H]3CO2)ccc(F)c1C#N. The van der Waals surface area contributed by atoms with Gasteiger partial charge in [0.2, 0.25) is 5.91 Å². The number of morpholine rings is 1. The van der Waals surface area contributed by atoms with Gasteiger partial charge in [-0.25, -0.2) is 9.07 Å². The first-order valence-electron chi connectivity index (χ1n) is 12.8. The molecule has 198 valence electrons. The van der Waals surface area contributed by atoms with Crippen LogP contribution >= 0.6 is 0 Å². The fourth-order valence-corrected chi connectivity index (χ4v) is 5.98. The zero-order valence-electron chi connectivity index (χ0n) is 21.3. The van der Waals surface area contributed by atoms with Gasteiger partial charge in [0.1, 0.15) is 29.9 Å². The minimum absolute atomic E-state index is 0.0342. The first-order chi connectivity index (χ1) is 18.9. The highest BCUT2D eigenvalue weighted by atomic mass is 19.1. The van der Waals surface area contributed by atoms with Crippen LogP contribution in [0.3, 0.4) is 0 Å². The van der Waals surface area contributed by atoms with E-state index in [1.165, 1.54) is 17.1 Å². The summed E-state index contributed by atoms with van der Waals surface area (Å²) in [6, 6.07) is 10.4. The first kappa shape index (κ1) is 25.0. The number of aldehydes is 1. The van der Waals surface area contributed by atoms with E-state index in [-0.39, 0.29) is 23.6 Å². The molecule has 0 saturated carbocycles. The van der Waals surface area contributed by atoms with Gasteiger partial charge in [-0.2, -0.15) is 5.26 Å². The summed E-state index contributed by atoms with van der Waals surface area (Å²) in [6.07, 6.45) is 6.11. The highest BCUT2D eigenvalue weighted by Gasteiger charge is 2.46. The number of halogens is 1. The third kappa shape index (κ3) is 4.13. The Kier molecular flexibility index (Phi) is 6.29. The highest BCUT2D eigenvalue weighted by molar-refractivity contribution is 6.06. The van der Waals surface area contributed by atoms with Crippen molar-refractivity contribution in [1.29, 1.82) is 5.26 Å². The zero-order valence-corrected chi connectivity index (χ0v) is 21.3. The van der Waals surface area contributed by atoms with Gasteiger partial charge < -0.3 is 14.4 Å². The molecule has 1 aromatic heterocycles. The number of tetrazole rings is 1. The summed E-state index contributed by atoms with van der Waals surface area (Å²) in [6.45, 7) is 4.21. The molecular formula is C28H26FN7O3. The molecule has 0 N–H and O–H groups in total. The fraction of sp³-hybridized carbons (Fsp3) is 0.357. The van der Waals surface area contributed by atoms with E-state index >= 15 is 0 Å². The Bertz CT molecular complexity index is 1520. The van der Waals surface area contributed by atoms with Gasteiger partial charge in [-0.05, 0) is 64.2 Å². The molecule has 2 saturated heterocycles. The number of fused-ring (bicyclic) bond motifs is 2. The van der Waals surface area contributed by atoms with Crippen LogP contribution in [0.4, 0.5) is 4.39 Å². The van der Waals surface area contributed by atoms with E-state index in [1.54, 1.807) is 24.0 Å². The standard InChI is InChI=1S/C28H26FN7O3/c1-18-22(5-7-25(29)23(18)12-30)26-14-34-9-10-35(13-21(34)15-39-26)27(38)28(16-37)8-2-3-19-11-20(4-6-24(19)28)36-17-31-32-33-36/h2,4-8,11,16-17,21,26H,3,9-10,13-15H2,1H3/t21-,26-,28?/m0/s1. The lowest BCUT2D eigenvalue weighted by Crippen LogP contribution is -2.62. The number of amides is 1. The van der Waals surface area contributed by atoms with Gasteiger partial charge in [0.05, 0.1) is 30.0 Å². The molecule has 0 radical (unpaired) electrons. The van der Waals surface area contributed by atoms with Gasteiger partial charge in [-0.1, -0.05) is 24.3 Å². The number of aromatic nitrogens is 4. The first-order valence-corrected chi connectivity index (χ1v) is 12.8. The molecule has 0 bridgehead atoms. The van der Waals surface area contributed by atoms with Crippen LogP contribution in [-0.2, 0) is 26.2 Å². The van der Waals surface area contributed by atoms with E-state index in [0.717, 1.165) is 23.1 Å². The molecule has 10 nitrogen and oxygen atoms in total. The maximum Gasteiger partial charge on any atom is 0.244 e. The minimum atomic E-state index is -1.40. The van der Waals surface area contributed by atoms with Crippen molar-refractivity contribution >= 4 is 12.2 Å². The quantitative estimate of drug-likeness (QED) is 0.287. The average Bonchev–Trinajstić information content (AvgIpc) is 3.51. The molecule has 1 amide bonds. The largest absolute Gasteiger partial charge is 0.370 e. The van der Waals surface area contributed by atoms with E-state index < -0.39 is 11.2 Å². The summed E-state index contributed by atoms with van der Waals surface area (Å²) in [5, 5.41) is 20.6. The fourth-order valence-electron chi connectivity index (χ4n) is 5.98. The third-order valence-corrected chi connectivity index (χ3v) is 8.10. The van der Waals surface area contributed by atoms with Crippen molar-refractivity contribution < 1.29 is 18.7 Å². The molecule has 3 aliphatic rings. The van der Waals surface area contributed by atoms with Crippen LogP contribution in [0, 0.1) is 24.1 Å². The number of nitrogens with zero attached hydrogens (tertiary/aromatic N) is 7. The van der Waals surface area contributed by atoms with Crippen molar-refractivity contribution in [3.8, 4) is 11.8 Å². The van der Waals surface area contributed by atoms with Crippen molar-refractivity contribution in [3.63, 3.8) is 0 Å². The number of rotatable bonds is 4. The number of piperazine rings is 1. The lowest BCUT2D eigenvalue weighted by Gasteiger charge is -2.47. The molecule has 1 unspecified atom stereocenters. The minimum Gasteiger partial charge on any atom is -0.370 e. The molecular weight excluding hydrogens is 501 g/mol. The molecule has 6 rings (SSSR count). The van der Waals surface area contributed by atoms with Gasteiger partial charge in [-0.15, -0.1) is 5.10 Å². The molecule has 11 heteroatoms. The van der Waals surface area contributed by atoms with Crippen molar-refractivity contribution in [2.75, 3.05) is 32.8 Å². The number of carbonyl (C=O) groups excluding carboxylic acids is 2. The lowest BCUT2D eigenvalue weighted by atomic mass is 9.73. The molecule has 2 aliphatic heterocycles. The predicted molar refractivity (Wildman–Crippen MR) is 136 cm³/mol. The number of nitriles is 1. The molecule has 3 atom stereocenters. The van der Waals surface area contributed by atoms with Gasteiger partial charge in [0, 0.05) is 26.2 Å². The summed E-state index contributed by atoms with van der Waals surface area (Å²) in [7, 11) is 0. The summed E-state index contributed by atoms with van der Waals surface area (Å²) in [4.78, 5) is 30.6. The summed E-state index contributed by atoms with van der Waals surface area (Å²) < 4.78 is 21.7. The predicted octanol–water partition coefficient (Wildman–Crippen LogP) is 1.81. The van der Waals surface area contributed by atoms with Gasteiger partial charge in [0.25, 0.3) is 0 Å². The van der Waals surface area contributed by atoms with E-state index in [4.69, 9.17) is 4.74 Å². The average molecular weight is 528 g/mol. The molecule has 2 fully saturated rings. The second-order valence-corrected chi connectivity index (χ2v) is 10.2. The van der Waals surface area contributed by atoms with Gasteiger partial charge in [0.15, 0.2) is 0 Å². The molecule has 3 heterocycles. The third-order valence-electron chi connectivity index (χ3n) is 8.10. The van der Waals surface area contributed by atoms with E-state index in [0.29, 0.717) is 50.3 Å². The second kappa shape index (κ2) is 9.80. The smallest absolute Gasteiger partial charge is 0.244 e. The Morgan fingerprint density at radius 3 is 2.90 bits per heavy atom. The molecule has 0 spiro atoms. The topological polar surface area (TPSA) is 117 Å². The van der Waals surface area contributed by atoms with Crippen molar-refractivity contribution in [1.82, 2.24) is 30.0 Å². The monoisotopic (exact) mass is 527 g/mol. The van der Waals surface area contributed by atoms with Gasteiger partial charge >= 0.3 is 0 Å². The second-order valence-electron chi connectivity index (χ2n) is 10.2. The van der Waals surface area contributed by atoms with E-state index in [9.17, 15) is 19.2 Å². The van der Waals surface area contributed by atoms with Crippen LogP contribution in [0.2, 0.25) is 0 Å². The summed E-state index contributed by atoms with van der Waals surface area (Å²) in [5.74, 6) is -0.784. The molecule has 1 aliphatic carbocycles. The lowest BCUT2D eigenvalue weighted by molar-refractivity contribution is -0.145. The van der Waals surface area contributed by atoms with Crippen LogP contribution in [0.5, 0.6) is 0 Å². The number of hydrogen-bond acceptors (Lipinski definition) is 8. The van der Waals surface area contributed by atoms with E-state index in [1.807, 2.05) is 30.3 Å². The Balaban J connectivity index is 1.20. The Morgan fingerprint density at radius 1 is 1.26 bits per heavy atom. The molecule has 2 aromatic carbocycles. The Hall–Kier alpha value is -4.27. The number of carbonyl (C=O) groups is 2. The van der Waals surface area contributed by atoms with Crippen molar-refractivity contribution in [2.24, 2.45) is 0 Å². The van der Waals surface area contributed by atoms with Crippen LogP contribution in [0.1, 0.15) is 33.9 Å². The highest BCUT2D eigenvalue weighted by Crippen LogP contribution is 2.36. The molecule has 3 aromatic rings. The Morgan fingerprint density at radius 2 is 2.13 bits per heavy atom. The summed E-state index contributed by atoms with van der Waals surface area (Å²) >= 11 is 0. The van der Waals surface area contributed by atoms with Gasteiger partial charge in [-0.3, -0.25) is 9.69 Å². The number of allylic oxidation sites excluding steroid dienone is 1. The van der Waals surface area contributed by atoms with Crippen LogP contribution < -0.4 is 0 Å². The Labute approximate surface area is 224 Å². The van der Waals surface area contributed by atoms with Crippen LogP contribution in [0.25, 0.3) is 5.69 Å². The normalized spacial score (nSPS) is 24.5. The van der Waals surface area contributed by atoms with Crippen LogP contribution in [0.15, 0.2) is 48.8 Å².